The lowest BCUT2D eigenvalue weighted by Gasteiger charge is -2.06. The zero-order chi connectivity index (χ0) is 13.2. The molecule has 1 aromatic heterocycles. The zero-order valence-electron chi connectivity index (χ0n) is 10.2. The van der Waals surface area contributed by atoms with Crippen LogP contribution in [0.4, 0.5) is 0 Å². The van der Waals surface area contributed by atoms with E-state index in [2.05, 4.69) is 29.2 Å². The van der Waals surface area contributed by atoms with Gasteiger partial charge < -0.3 is 10.0 Å². The van der Waals surface area contributed by atoms with Gasteiger partial charge in [0.1, 0.15) is 0 Å². The van der Waals surface area contributed by atoms with Gasteiger partial charge in [-0.05, 0) is 40.1 Å². The van der Waals surface area contributed by atoms with E-state index in [0.29, 0.717) is 0 Å². The van der Waals surface area contributed by atoms with Crippen molar-refractivity contribution >= 4 is 23.5 Å². The highest BCUT2D eigenvalue weighted by Gasteiger charge is 2.13. The molecule has 2 aromatic carbocycles. The highest BCUT2D eigenvalue weighted by molar-refractivity contribution is 6.57. The highest BCUT2D eigenvalue weighted by Crippen LogP contribution is 2.23. The third-order valence-corrected chi connectivity index (χ3v) is 3.13. The maximum Gasteiger partial charge on any atom is 0.508 e. The van der Waals surface area contributed by atoms with Crippen LogP contribution in [0, 0.1) is 0 Å². The van der Waals surface area contributed by atoms with Gasteiger partial charge >= 0.3 is 7.12 Å². The fraction of sp³-hybridized carbons (Fsp3) is 0. The molecule has 3 rings (SSSR count). The Hall–Kier alpha value is -2.17. The molecular formula is C15H12BNO2. The summed E-state index contributed by atoms with van der Waals surface area (Å²) < 4.78 is 0. The first kappa shape index (κ1) is 11.9. The topological polar surface area (TPSA) is 53.4 Å². The molecule has 19 heavy (non-hydrogen) atoms. The number of pyridine rings is 1. The summed E-state index contributed by atoms with van der Waals surface area (Å²) in [5.41, 5.74) is 2.21. The molecule has 0 aliphatic heterocycles. The lowest BCUT2D eigenvalue weighted by atomic mass is 9.84. The van der Waals surface area contributed by atoms with Crippen LogP contribution in [0.2, 0.25) is 0 Å². The van der Waals surface area contributed by atoms with Crippen LogP contribution in [0.1, 0.15) is 0 Å². The molecule has 3 aromatic rings. The average Bonchev–Trinajstić information content (AvgIpc) is 2.47. The van der Waals surface area contributed by atoms with Crippen molar-refractivity contribution in [3.63, 3.8) is 0 Å². The fourth-order valence-corrected chi connectivity index (χ4v) is 2.14. The Bertz CT molecular complexity index is 728. The van der Waals surface area contributed by atoms with E-state index in [4.69, 9.17) is 10.0 Å². The lowest BCUT2D eigenvalue weighted by Crippen LogP contribution is -2.32. The quantitative estimate of drug-likeness (QED) is 0.678. The Balaban J connectivity index is 2.11. The third kappa shape index (κ3) is 2.36. The summed E-state index contributed by atoms with van der Waals surface area (Å²) in [6.07, 6.45) is 1.58. The van der Waals surface area contributed by atoms with Crippen molar-refractivity contribution in [1.29, 1.82) is 0 Å². The predicted octanol–water partition coefficient (Wildman–Crippen LogP) is 1.58. The smallest absolute Gasteiger partial charge is 0.422 e. The van der Waals surface area contributed by atoms with E-state index < -0.39 is 7.12 Å². The Morgan fingerprint density at radius 3 is 2.32 bits per heavy atom. The second-order valence-electron chi connectivity index (χ2n) is 4.40. The number of hydrogen-bond donors (Lipinski definition) is 2. The number of aromatic nitrogens is 1. The molecule has 0 saturated heterocycles. The zero-order valence-corrected chi connectivity index (χ0v) is 10.2. The monoisotopic (exact) mass is 249 g/mol. The molecule has 0 fully saturated rings. The molecule has 3 nitrogen and oxygen atoms in total. The van der Waals surface area contributed by atoms with Gasteiger partial charge in [-0.25, -0.2) is 0 Å². The molecular weight excluding hydrogens is 237 g/mol. The van der Waals surface area contributed by atoms with E-state index in [9.17, 15) is 0 Å². The van der Waals surface area contributed by atoms with Crippen LogP contribution in [-0.2, 0) is 0 Å². The second kappa shape index (κ2) is 4.84. The van der Waals surface area contributed by atoms with Crippen molar-refractivity contribution in [3.8, 4) is 11.1 Å². The van der Waals surface area contributed by atoms with Gasteiger partial charge in [0.05, 0.1) is 5.59 Å². The van der Waals surface area contributed by atoms with Gasteiger partial charge in [0, 0.05) is 6.20 Å². The summed E-state index contributed by atoms with van der Waals surface area (Å²) >= 11 is 0. The average molecular weight is 249 g/mol. The molecule has 0 bridgehead atoms. The van der Waals surface area contributed by atoms with Gasteiger partial charge in [0.25, 0.3) is 0 Å². The summed E-state index contributed by atoms with van der Waals surface area (Å²) in [6.45, 7) is 0. The molecule has 0 spiro atoms. The normalized spacial score (nSPS) is 10.6. The summed E-state index contributed by atoms with van der Waals surface area (Å²) in [4.78, 5) is 3.93. The first-order chi connectivity index (χ1) is 9.24. The summed E-state index contributed by atoms with van der Waals surface area (Å²) in [6, 6.07) is 17.8. The molecule has 2 N–H and O–H groups in total. The maximum atomic E-state index is 9.16. The third-order valence-electron chi connectivity index (χ3n) is 3.13. The van der Waals surface area contributed by atoms with E-state index >= 15 is 0 Å². The van der Waals surface area contributed by atoms with Crippen molar-refractivity contribution in [2.45, 2.75) is 0 Å². The largest absolute Gasteiger partial charge is 0.508 e. The summed E-state index contributed by atoms with van der Waals surface area (Å²) in [5, 5.41) is 20.7. The minimum absolute atomic E-state index is 0.255. The van der Waals surface area contributed by atoms with Crippen LogP contribution in [0.5, 0.6) is 0 Å². The van der Waals surface area contributed by atoms with Gasteiger partial charge in [0.15, 0.2) is 0 Å². The van der Waals surface area contributed by atoms with Crippen LogP contribution in [-0.4, -0.2) is 22.2 Å². The Kier molecular flexibility index (Phi) is 3.03. The van der Waals surface area contributed by atoms with Crippen molar-refractivity contribution in [1.82, 2.24) is 4.98 Å². The first-order valence-electron chi connectivity index (χ1n) is 6.05. The van der Waals surface area contributed by atoms with Gasteiger partial charge in [-0.15, -0.1) is 0 Å². The molecule has 0 atom stereocenters. The van der Waals surface area contributed by atoms with Gasteiger partial charge in [-0.1, -0.05) is 36.4 Å². The number of hydrogen-bond acceptors (Lipinski definition) is 3. The number of nitrogens with zero attached hydrogens (tertiary/aromatic N) is 1. The standard InChI is InChI=1S/C15H12BNO2/c18-16(19)15-10-14(7-8-17-15)13-6-5-11-3-1-2-4-12(11)9-13/h1-10,18-19H. The Labute approximate surface area is 111 Å². The number of fused-ring (bicyclic) bond motifs is 1. The van der Waals surface area contributed by atoms with Crippen molar-refractivity contribution < 1.29 is 10.0 Å². The van der Waals surface area contributed by atoms with Crippen LogP contribution < -0.4 is 5.59 Å². The maximum absolute atomic E-state index is 9.16. The molecule has 0 saturated carbocycles. The van der Waals surface area contributed by atoms with Gasteiger partial charge in [0.2, 0.25) is 0 Å². The molecule has 0 amide bonds. The summed E-state index contributed by atoms with van der Waals surface area (Å²) in [7, 11) is -1.54. The van der Waals surface area contributed by atoms with Gasteiger partial charge in [-0.2, -0.15) is 0 Å². The first-order valence-corrected chi connectivity index (χ1v) is 6.05. The van der Waals surface area contributed by atoms with E-state index in [0.717, 1.165) is 16.5 Å². The Morgan fingerprint density at radius 1 is 0.789 bits per heavy atom. The minimum atomic E-state index is -1.54. The van der Waals surface area contributed by atoms with Crippen LogP contribution in [0.25, 0.3) is 21.9 Å². The van der Waals surface area contributed by atoms with E-state index in [1.54, 1.807) is 12.3 Å². The minimum Gasteiger partial charge on any atom is -0.422 e. The molecule has 92 valence electrons. The molecule has 1 heterocycles. The van der Waals surface area contributed by atoms with Crippen molar-refractivity contribution in [2.24, 2.45) is 0 Å². The molecule has 0 radical (unpaired) electrons. The molecule has 0 aliphatic rings. The fourth-order valence-electron chi connectivity index (χ4n) is 2.14. The van der Waals surface area contributed by atoms with E-state index in [1.165, 1.54) is 5.39 Å². The van der Waals surface area contributed by atoms with Crippen molar-refractivity contribution in [2.75, 3.05) is 0 Å². The predicted molar refractivity (Wildman–Crippen MR) is 77.0 cm³/mol. The summed E-state index contributed by atoms with van der Waals surface area (Å²) in [5.74, 6) is 0. The number of benzene rings is 2. The van der Waals surface area contributed by atoms with Crippen LogP contribution in [0.15, 0.2) is 60.8 Å². The number of rotatable bonds is 2. The van der Waals surface area contributed by atoms with Crippen LogP contribution >= 0.6 is 0 Å². The second-order valence-corrected chi connectivity index (χ2v) is 4.40. The van der Waals surface area contributed by atoms with Gasteiger partial charge in [-0.3, -0.25) is 4.98 Å². The van der Waals surface area contributed by atoms with Crippen molar-refractivity contribution in [3.05, 3.63) is 60.8 Å². The molecule has 0 unspecified atom stereocenters. The van der Waals surface area contributed by atoms with E-state index in [-0.39, 0.29) is 5.59 Å². The van der Waals surface area contributed by atoms with E-state index in [1.807, 2.05) is 24.3 Å². The molecule has 4 heteroatoms. The molecule has 0 aliphatic carbocycles. The Morgan fingerprint density at radius 2 is 1.53 bits per heavy atom. The SMILES string of the molecule is OB(O)c1cc(-c2ccc3ccccc3c2)ccn1. The highest BCUT2D eigenvalue weighted by atomic mass is 16.4. The van der Waals surface area contributed by atoms with Crippen LogP contribution in [0.3, 0.4) is 0 Å². The lowest BCUT2D eigenvalue weighted by molar-refractivity contribution is 0.424.